The van der Waals surface area contributed by atoms with E-state index >= 15 is 0 Å². The molecule has 1 heterocycles. The standard InChI is InChI=1S/C8H14O2/c1-6(2)8-9-4-7(3)5-10-8/h3,6-8H,4-5H2,1-2H3. The molecule has 1 aliphatic heterocycles. The molecule has 0 N–H and O–H groups in total. The highest BCUT2D eigenvalue weighted by molar-refractivity contribution is 4.65. The second kappa shape index (κ2) is 3.35. The molecule has 1 fully saturated rings. The van der Waals surface area contributed by atoms with E-state index in [1.807, 2.05) is 0 Å². The van der Waals surface area contributed by atoms with Gasteiger partial charge >= 0.3 is 0 Å². The van der Waals surface area contributed by atoms with Crippen LogP contribution in [0.3, 0.4) is 0 Å². The molecule has 0 aromatic rings. The minimum Gasteiger partial charge on any atom is -0.352 e. The maximum atomic E-state index is 5.55. The van der Waals surface area contributed by atoms with Gasteiger partial charge in [-0.15, -0.1) is 0 Å². The Labute approximate surface area is 62.5 Å². The summed E-state index contributed by atoms with van der Waals surface area (Å²) in [5.74, 6) is 0.488. The highest BCUT2D eigenvalue weighted by Crippen LogP contribution is 2.15. The Bertz CT molecular complexity index is 93.4. The molecule has 1 aliphatic rings. The van der Waals surface area contributed by atoms with Crippen LogP contribution in [0.15, 0.2) is 0 Å². The first-order valence-electron chi connectivity index (χ1n) is 3.69. The summed E-state index contributed by atoms with van der Waals surface area (Å²) < 4.78 is 10.6. The normalized spacial score (nSPS) is 34.8. The van der Waals surface area contributed by atoms with Crippen LogP contribution in [0.4, 0.5) is 0 Å². The second-order valence-electron chi connectivity index (χ2n) is 3.04. The molecule has 58 valence electrons. The minimum atomic E-state index is -0.0419. The van der Waals surface area contributed by atoms with Gasteiger partial charge in [0.1, 0.15) is 0 Å². The third kappa shape index (κ3) is 1.96. The summed E-state index contributed by atoms with van der Waals surface area (Å²) in [5.41, 5.74) is 0. The Morgan fingerprint density at radius 3 is 2.20 bits per heavy atom. The van der Waals surface area contributed by atoms with Gasteiger partial charge in [0.2, 0.25) is 0 Å². The first kappa shape index (κ1) is 8.02. The van der Waals surface area contributed by atoms with Crippen molar-refractivity contribution >= 4 is 0 Å². The summed E-state index contributed by atoms with van der Waals surface area (Å²) in [6.07, 6.45) is -0.0419. The van der Waals surface area contributed by atoms with Crippen LogP contribution < -0.4 is 0 Å². The van der Waals surface area contributed by atoms with E-state index in [0.717, 1.165) is 0 Å². The van der Waals surface area contributed by atoms with Crippen molar-refractivity contribution in [1.82, 2.24) is 0 Å². The van der Waals surface area contributed by atoms with Gasteiger partial charge < -0.3 is 9.47 Å². The minimum absolute atomic E-state index is 0.0419. The molecule has 2 radical (unpaired) electrons. The third-order valence-corrected chi connectivity index (χ3v) is 1.49. The van der Waals surface area contributed by atoms with Crippen LogP contribution in [0.25, 0.3) is 0 Å². The molecule has 0 amide bonds. The Morgan fingerprint density at radius 1 is 1.30 bits per heavy atom. The Kier molecular flexibility index (Phi) is 2.69. The lowest BCUT2D eigenvalue weighted by Gasteiger charge is -2.29. The van der Waals surface area contributed by atoms with Crippen LogP contribution in [0.2, 0.25) is 0 Å². The van der Waals surface area contributed by atoms with Crippen molar-refractivity contribution in [2.45, 2.75) is 20.1 Å². The van der Waals surface area contributed by atoms with Gasteiger partial charge in [0.25, 0.3) is 0 Å². The predicted octanol–water partition coefficient (Wildman–Crippen LogP) is 1.34. The van der Waals surface area contributed by atoms with E-state index in [4.69, 9.17) is 16.4 Å². The van der Waals surface area contributed by atoms with E-state index in [1.165, 1.54) is 0 Å². The Morgan fingerprint density at radius 2 is 1.80 bits per heavy atom. The lowest BCUT2D eigenvalue weighted by atomic mass is 10.1. The maximum Gasteiger partial charge on any atom is 0.159 e. The van der Waals surface area contributed by atoms with Crippen molar-refractivity contribution in [2.75, 3.05) is 13.2 Å². The molecule has 2 heteroatoms. The molecule has 0 aromatic heterocycles. The van der Waals surface area contributed by atoms with Gasteiger partial charge in [-0.05, 0) is 6.92 Å². The lowest BCUT2D eigenvalue weighted by Crippen LogP contribution is -2.34. The molecule has 1 saturated heterocycles. The maximum absolute atomic E-state index is 5.55. The summed E-state index contributed by atoms with van der Waals surface area (Å²) in [6.45, 7) is 10.9. The lowest BCUT2D eigenvalue weighted by molar-refractivity contribution is -0.212. The number of hydrogen-bond acceptors (Lipinski definition) is 2. The topological polar surface area (TPSA) is 18.5 Å². The van der Waals surface area contributed by atoms with Crippen LogP contribution in [-0.4, -0.2) is 19.5 Å². The summed E-state index contributed by atoms with van der Waals surface area (Å²) in [6, 6.07) is 0. The number of ether oxygens (including phenoxy) is 2. The predicted molar refractivity (Wildman–Crippen MR) is 38.3 cm³/mol. The molecule has 0 aromatic carbocycles. The zero-order valence-corrected chi connectivity index (χ0v) is 6.54. The Balaban J connectivity index is 2.26. The average Bonchev–Trinajstić information content (AvgIpc) is 1.88. The van der Waals surface area contributed by atoms with E-state index in [2.05, 4.69) is 13.8 Å². The molecule has 0 bridgehead atoms. The van der Waals surface area contributed by atoms with Gasteiger partial charge in [-0.2, -0.15) is 0 Å². The zero-order valence-electron chi connectivity index (χ0n) is 6.54. The van der Waals surface area contributed by atoms with E-state index in [0.29, 0.717) is 19.1 Å². The molecule has 1 rings (SSSR count). The van der Waals surface area contributed by atoms with Gasteiger partial charge in [-0.3, -0.25) is 0 Å². The van der Waals surface area contributed by atoms with Crippen molar-refractivity contribution in [1.29, 1.82) is 0 Å². The summed E-state index contributed by atoms with van der Waals surface area (Å²) in [5, 5.41) is 0. The molecule has 0 unspecified atom stereocenters. The molecule has 10 heavy (non-hydrogen) atoms. The van der Waals surface area contributed by atoms with Crippen molar-refractivity contribution in [2.24, 2.45) is 11.8 Å². The van der Waals surface area contributed by atoms with Gasteiger partial charge in [0.05, 0.1) is 13.2 Å². The van der Waals surface area contributed by atoms with Crippen LogP contribution >= 0.6 is 0 Å². The molecule has 0 saturated carbocycles. The van der Waals surface area contributed by atoms with Crippen molar-refractivity contribution in [3.05, 3.63) is 6.92 Å². The van der Waals surface area contributed by atoms with E-state index in [-0.39, 0.29) is 12.2 Å². The van der Waals surface area contributed by atoms with Crippen molar-refractivity contribution in [3.63, 3.8) is 0 Å². The van der Waals surface area contributed by atoms with E-state index in [9.17, 15) is 0 Å². The fourth-order valence-electron chi connectivity index (χ4n) is 0.918. The Hall–Kier alpha value is -0.0800. The van der Waals surface area contributed by atoms with Gasteiger partial charge in [-0.1, -0.05) is 13.8 Å². The molecule has 0 aliphatic carbocycles. The monoisotopic (exact) mass is 142 g/mol. The quantitative estimate of drug-likeness (QED) is 0.550. The number of hydrogen-bond donors (Lipinski definition) is 0. The summed E-state index contributed by atoms with van der Waals surface area (Å²) >= 11 is 0. The first-order chi connectivity index (χ1) is 4.70. The van der Waals surface area contributed by atoms with Crippen molar-refractivity contribution < 1.29 is 9.47 Å². The fourth-order valence-corrected chi connectivity index (χ4v) is 0.918. The highest BCUT2D eigenvalue weighted by Gasteiger charge is 2.21. The summed E-state index contributed by atoms with van der Waals surface area (Å²) in [7, 11) is 0. The fraction of sp³-hybridized carbons (Fsp3) is 0.875. The average molecular weight is 142 g/mol. The van der Waals surface area contributed by atoms with Gasteiger partial charge in [-0.25, -0.2) is 0 Å². The van der Waals surface area contributed by atoms with Gasteiger partial charge in [0.15, 0.2) is 6.29 Å². The summed E-state index contributed by atoms with van der Waals surface area (Å²) in [4.78, 5) is 0. The third-order valence-electron chi connectivity index (χ3n) is 1.49. The molecule has 0 atom stereocenters. The van der Waals surface area contributed by atoms with Crippen molar-refractivity contribution in [3.8, 4) is 0 Å². The zero-order chi connectivity index (χ0) is 7.56. The second-order valence-corrected chi connectivity index (χ2v) is 3.04. The smallest absolute Gasteiger partial charge is 0.159 e. The largest absolute Gasteiger partial charge is 0.352 e. The van der Waals surface area contributed by atoms with Crippen LogP contribution in [0.5, 0.6) is 0 Å². The van der Waals surface area contributed by atoms with Crippen LogP contribution in [0.1, 0.15) is 13.8 Å². The SMILES string of the molecule is [CH]C1COC(C(C)C)OC1. The molecule has 0 spiro atoms. The van der Waals surface area contributed by atoms with Crippen LogP contribution in [-0.2, 0) is 9.47 Å². The van der Waals surface area contributed by atoms with E-state index in [1.54, 1.807) is 0 Å². The van der Waals surface area contributed by atoms with E-state index < -0.39 is 0 Å². The van der Waals surface area contributed by atoms with Crippen LogP contribution in [0, 0.1) is 18.8 Å². The van der Waals surface area contributed by atoms with Gasteiger partial charge in [0, 0.05) is 11.8 Å². The highest BCUT2D eigenvalue weighted by atomic mass is 16.7. The molecular formula is C8H14O2. The number of rotatable bonds is 1. The molecular weight excluding hydrogens is 128 g/mol. The first-order valence-corrected chi connectivity index (χ1v) is 3.69. The molecule has 2 nitrogen and oxygen atoms in total.